The highest BCUT2D eigenvalue weighted by Gasteiger charge is 2.13. The third kappa shape index (κ3) is 2.78. The molecule has 0 fully saturated rings. The number of rotatable bonds is 2. The van der Waals surface area contributed by atoms with Gasteiger partial charge in [-0.2, -0.15) is 0 Å². The quantitative estimate of drug-likeness (QED) is 0.870. The van der Waals surface area contributed by atoms with Crippen LogP contribution in [0.2, 0.25) is 10.0 Å². The van der Waals surface area contributed by atoms with Gasteiger partial charge in [-0.3, -0.25) is 0 Å². The summed E-state index contributed by atoms with van der Waals surface area (Å²) in [4.78, 5) is 0. The first-order valence-electron chi connectivity index (χ1n) is 5.04. The van der Waals surface area contributed by atoms with E-state index in [2.05, 4.69) is 0 Å². The first kappa shape index (κ1) is 12.4. The molecule has 0 aliphatic carbocycles. The highest BCUT2D eigenvalue weighted by molar-refractivity contribution is 6.31. The molecular formula is C13H10Cl2FN. The van der Waals surface area contributed by atoms with Crippen molar-refractivity contribution < 1.29 is 4.39 Å². The smallest absolute Gasteiger partial charge is 0.123 e. The molecule has 0 saturated heterocycles. The summed E-state index contributed by atoms with van der Waals surface area (Å²) in [6.45, 7) is 0. The summed E-state index contributed by atoms with van der Waals surface area (Å²) >= 11 is 11.8. The zero-order valence-electron chi connectivity index (χ0n) is 8.83. The summed E-state index contributed by atoms with van der Waals surface area (Å²) in [5.74, 6) is -0.353. The Morgan fingerprint density at radius 2 is 1.65 bits per heavy atom. The third-order valence-electron chi connectivity index (χ3n) is 2.52. The van der Waals surface area contributed by atoms with Gasteiger partial charge >= 0.3 is 0 Å². The lowest BCUT2D eigenvalue weighted by Crippen LogP contribution is -2.12. The lowest BCUT2D eigenvalue weighted by atomic mass is 9.99. The molecule has 17 heavy (non-hydrogen) atoms. The summed E-state index contributed by atoms with van der Waals surface area (Å²) in [7, 11) is 0. The molecule has 1 atom stereocenters. The molecule has 0 amide bonds. The van der Waals surface area contributed by atoms with E-state index < -0.39 is 6.04 Å². The Labute approximate surface area is 109 Å². The maximum absolute atomic E-state index is 13.2. The van der Waals surface area contributed by atoms with Gasteiger partial charge in [-0.05, 0) is 41.5 Å². The van der Waals surface area contributed by atoms with Crippen LogP contribution < -0.4 is 5.73 Å². The zero-order valence-corrected chi connectivity index (χ0v) is 10.3. The first-order chi connectivity index (χ1) is 8.08. The second kappa shape index (κ2) is 5.05. The Hall–Kier alpha value is -1.09. The fourth-order valence-corrected chi connectivity index (χ4v) is 1.96. The number of hydrogen-bond acceptors (Lipinski definition) is 1. The van der Waals surface area contributed by atoms with Gasteiger partial charge in [0.2, 0.25) is 0 Å². The SMILES string of the molecule is NC(c1ccc(Cl)cc1)c1cc(F)ccc1Cl. The van der Waals surface area contributed by atoms with Gasteiger partial charge in [0.1, 0.15) is 5.82 Å². The first-order valence-corrected chi connectivity index (χ1v) is 5.79. The predicted octanol–water partition coefficient (Wildman–Crippen LogP) is 4.18. The van der Waals surface area contributed by atoms with Gasteiger partial charge in [0.15, 0.2) is 0 Å². The van der Waals surface area contributed by atoms with Crippen LogP contribution >= 0.6 is 23.2 Å². The Balaban J connectivity index is 2.39. The highest BCUT2D eigenvalue weighted by Crippen LogP contribution is 2.27. The van der Waals surface area contributed by atoms with Crippen LogP contribution in [0.5, 0.6) is 0 Å². The molecule has 0 aromatic heterocycles. The van der Waals surface area contributed by atoms with Crippen molar-refractivity contribution in [2.45, 2.75) is 6.04 Å². The van der Waals surface area contributed by atoms with Crippen molar-refractivity contribution in [3.05, 3.63) is 69.5 Å². The zero-order chi connectivity index (χ0) is 12.4. The van der Waals surface area contributed by atoms with Gasteiger partial charge in [-0.15, -0.1) is 0 Å². The van der Waals surface area contributed by atoms with E-state index in [9.17, 15) is 4.39 Å². The number of nitrogens with two attached hydrogens (primary N) is 1. The molecule has 2 rings (SSSR count). The van der Waals surface area contributed by atoms with Crippen LogP contribution in [0.1, 0.15) is 17.2 Å². The van der Waals surface area contributed by atoms with Crippen LogP contribution in [0.4, 0.5) is 4.39 Å². The van der Waals surface area contributed by atoms with Crippen molar-refractivity contribution in [2.24, 2.45) is 5.73 Å². The van der Waals surface area contributed by atoms with Gasteiger partial charge in [-0.1, -0.05) is 35.3 Å². The maximum atomic E-state index is 13.2. The minimum atomic E-state index is -0.463. The van der Waals surface area contributed by atoms with Gasteiger partial charge < -0.3 is 5.73 Å². The summed E-state index contributed by atoms with van der Waals surface area (Å²) in [6.07, 6.45) is 0. The minimum absolute atomic E-state index is 0.353. The fraction of sp³-hybridized carbons (Fsp3) is 0.0769. The standard InChI is InChI=1S/C13H10Cl2FN/c14-9-3-1-8(2-4-9)13(17)11-7-10(16)5-6-12(11)15/h1-7,13H,17H2. The Morgan fingerprint density at radius 3 is 2.29 bits per heavy atom. The molecule has 2 N–H and O–H groups in total. The van der Waals surface area contributed by atoms with Gasteiger partial charge in [-0.25, -0.2) is 4.39 Å². The van der Waals surface area contributed by atoms with Crippen LogP contribution in [-0.2, 0) is 0 Å². The van der Waals surface area contributed by atoms with Gasteiger partial charge in [0.25, 0.3) is 0 Å². The summed E-state index contributed by atoms with van der Waals surface area (Å²) in [5.41, 5.74) is 7.44. The van der Waals surface area contributed by atoms with E-state index in [0.29, 0.717) is 15.6 Å². The van der Waals surface area contributed by atoms with E-state index in [1.807, 2.05) is 0 Å². The van der Waals surface area contributed by atoms with Gasteiger partial charge in [0.05, 0.1) is 6.04 Å². The van der Waals surface area contributed by atoms with Crippen molar-refractivity contribution >= 4 is 23.2 Å². The molecule has 0 aliphatic heterocycles. The molecule has 0 bridgehead atoms. The van der Waals surface area contributed by atoms with E-state index in [0.717, 1.165) is 5.56 Å². The molecule has 4 heteroatoms. The minimum Gasteiger partial charge on any atom is -0.320 e. The number of halogens is 3. The summed E-state index contributed by atoms with van der Waals surface area (Å²) < 4.78 is 13.2. The predicted molar refractivity (Wildman–Crippen MR) is 68.9 cm³/mol. The second-order valence-electron chi connectivity index (χ2n) is 3.70. The Kier molecular flexibility index (Phi) is 3.67. The van der Waals surface area contributed by atoms with Crippen LogP contribution in [0.15, 0.2) is 42.5 Å². The number of hydrogen-bond donors (Lipinski definition) is 1. The molecule has 0 aliphatic rings. The molecule has 0 spiro atoms. The average molecular weight is 270 g/mol. The molecule has 0 saturated carbocycles. The maximum Gasteiger partial charge on any atom is 0.123 e. The molecule has 1 nitrogen and oxygen atoms in total. The Bertz CT molecular complexity index is 525. The van der Waals surface area contributed by atoms with Crippen molar-refractivity contribution in [2.75, 3.05) is 0 Å². The fourth-order valence-electron chi connectivity index (χ4n) is 1.60. The molecule has 2 aromatic rings. The van der Waals surface area contributed by atoms with Crippen molar-refractivity contribution in [1.82, 2.24) is 0 Å². The van der Waals surface area contributed by atoms with Crippen molar-refractivity contribution in [3.8, 4) is 0 Å². The molecular weight excluding hydrogens is 260 g/mol. The average Bonchev–Trinajstić information content (AvgIpc) is 2.32. The van der Waals surface area contributed by atoms with E-state index in [4.69, 9.17) is 28.9 Å². The lowest BCUT2D eigenvalue weighted by molar-refractivity contribution is 0.623. The molecule has 0 radical (unpaired) electrons. The van der Waals surface area contributed by atoms with E-state index >= 15 is 0 Å². The van der Waals surface area contributed by atoms with Crippen LogP contribution in [0.25, 0.3) is 0 Å². The summed E-state index contributed by atoms with van der Waals surface area (Å²) in [5, 5.41) is 1.08. The van der Waals surface area contributed by atoms with E-state index in [1.54, 1.807) is 24.3 Å². The van der Waals surface area contributed by atoms with Crippen molar-refractivity contribution in [3.63, 3.8) is 0 Å². The largest absolute Gasteiger partial charge is 0.320 e. The van der Waals surface area contributed by atoms with Crippen LogP contribution in [0, 0.1) is 5.82 Å². The molecule has 2 aromatic carbocycles. The molecule has 0 heterocycles. The lowest BCUT2D eigenvalue weighted by Gasteiger charge is -2.14. The van der Waals surface area contributed by atoms with Crippen LogP contribution in [0.3, 0.4) is 0 Å². The van der Waals surface area contributed by atoms with E-state index in [-0.39, 0.29) is 5.82 Å². The van der Waals surface area contributed by atoms with E-state index in [1.165, 1.54) is 18.2 Å². The van der Waals surface area contributed by atoms with Gasteiger partial charge in [0, 0.05) is 10.0 Å². The molecule has 1 unspecified atom stereocenters. The second-order valence-corrected chi connectivity index (χ2v) is 4.54. The van der Waals surface area contributed by atoms with Crippen molar-refractivity contribution in [1.29, 1.82) is 0 Å². The monoisotopic (exact) mass is 269 g/mol. The normalized spacial score (nSPS) is 12.5. The topological polar surface area (TPSA) is 26.0 Å². The number of benzene rings is 2. The Morgan fingerprint density at radius 1 is 1.00 bits per heavy atom. The molecule has 88 valence electrons. The highest BCUT2D eigenvalue weighted by atomic mass is 35.5. The van der Waals surface area contributed by atoms with Crippen LogP contribution in [-0.4, -0.2) is 0 Å². The third-order valence-corrected chi connectivity index (χ3v) is 3.12. The summed E-state index contributed by atoms with van der Waals surface area (Å²) in [6, 6.07) is 10.8.